The molecule has 106 valence electrons. The van der Waals surface area contributed by atoms with Crippen LogP contribution in [0.5, 0.6) is 11.5 Å². The minimum Gasteiger partial charge on any atom is -0.457 e. The Hall–Kier alpha value is -1.55. The van der Waals surface area contributed by atoms with E-state index in [0.717, 1.165) is 34.2 Å². The zero-order valence-corrected chi connectivity index (χ0v) is 12.2. The predicted molar refractivity (Wildman–Crippen MR) is 81.5 cm³/mol. The molecule has 0 aliphatic carbocycles. The van der Waals surface area contributed by atoms with Gasteiger partial charge >= 0.3 is 0 Å². The highest BCUT2D eigenvalue weighted by Crippen LogP contribution is 2.26. The fraction of sp³-hybridized carbons (Fsp3) is 0.250. The Morgan fingerprint density at radius 1 is 1.10 bits per heavy atom. The van der Waals surface area contributed by atoms with Crippen LogP contribution >= 0.6 is 11.6 Å². The molecule has 3 nitrogen and oxygen atoms in total. The molecule has 0 aliphatic heterocycles. The van der Waals surface area contributed by atoms with Gasteiger partial charge < -0.3 is 15.2 Å². The first kappa shape index (κ1) is 14.9. The third-order valence-corrected chi connectivity index (χ3v) is 3.33. The van der Waals surface area contributed by atoms with Gasteiger partial charge in [0, 0.05) is 18.1 Å². The Bertz CT molecular complexity index is 555. The summed E-state index contributed by atoms with van der Waals surface area (Å²) in [6.07, 6.45) is 0. The monoisotopic (exact) mass is 291 g/mol. The van der Waals surface area contributed by atoms with Crippen LogP contribution in [0, 0.1) is 6.92 Å². The fourth-order valence-corrected chi connectivity index (χ4v) is 1.92. The van der Waals surface area contributed by atoms with Gasteiger partial charge in [-0.1, -0.05) is 23.7 Å². The first-order valence-electron chi connectivity index (χ1n) is 6.53. The molecule has 0 spiro atoms. The van der Waals surface area contributed by atoms with E-state index in [1.54, 1.807) is 0 Å². The summed E-state index contributed by atoms with van der Waals surface area (Å²) in [6.45, 7) is 3.44. The van der Waals surface area contributed by atoms with E-state index in [9.17, 15) is 0 Å². The SMILES string of the molecule is Cc1cc(Oc2ccc(CNCCO)cc2)ccc1Cl. The average molecular weight is 292 g/mol. The van der Waals surface area contributed by atoms with Crippen molar-refractivity contribution in [2.24, 2.45) is 0 Å². The molecule has 0 aliphatic rings. The van der Waals surface area contributed by atoms with Crippen LogP contribution in [0.4, 0.5) is 0 Å². The van der Waals surface area contributed by atoms with Gasteiger partial charge in [-0.3, -0.25) is 0 Å². The molecule has 0 saturated carbocycles. The van der Waals surface area contributed by atoms with Crippen LogP contribution in [0.3, 0.4) is 0 Å². The van der Waals surface area contributed by atoms with Crippen molar-refractivity contribution in [2.45, 2.75) is 13.5 Å². The number of aliphatic hydroxyl groups is 1. The largest absolute Gasteiger partial charge is 0.457 e. The van der Waals surface area contributed by atoms with Gasteiger partial charge in [0.05, 0.1) is 6.61 Å². The maximum atomic E-state index is 8.70. The number of ether oxygens (including phenoxy) is 1. The highest BCUT2D eigenvalue weighted by Gasteiger charge is 2.01. The van der Waals surface area contributed by atoms with Crippen LogP contribution in [0.25, 0.3) is 0 Å². The summed E-state index contributed by atoms with van der Waals surface area (Å²) in [5.41, 5.74) is 2.15. The summed E-state index contributed by atoms with van der Waals surface area (Å²) in [5.74, 6) is 1.57. The summed E-state index contributed by atoms with van der Waals surface area (Å²) >= 11 is 5.98. The quantitative estimate of drug-likeness (QED) is 0.800. The van der Waals surface area contributed by atoms with Crippen molar-refractivity contribution in [1.29, 1.82) is 0 Å². The standard InChI is InChI=1S/C16H18ClNO2/c1-12-10-15(6-7-16(12)17)20-14-4-2-13(3-5-14)11-18-8-9-19/h2-7,10,18-19H,8-9,11H2,1H3. The molecular weight excluding hydrogens is 274 g/mol. The average Bonchev–Trinajstić information content (AvgIpc) is 2.45. The predicted octanol–water partition coefficient (Wildman–Crippen LogP) is 3.52. The molecule has 0 atom stereocenters. The van der Waals surface area contributed by atoms with Gasteiger partial charge in [0.2, 0.25) is 0 Å². The molecule has 0 radical (unpaired) electrons. The van der Waals surface area contributed by atoms with Crippen molar-refractivity contribution in [3.05, 3.63) is 58.6 Å². The van der Waals surface area contributed by atoms with Crippen LogP contribution < -0.4 is 10.1 Å². The molecule has 0 saturated heterocycles. The summed E-state index contributed by atoms with van der Waals surface area (Å²) in [5, 5.41) is 12.6. The van der Waals surface area contributed by atoms with Gasteiger partial charge in [0.1, 0.15) is 11.5 Å². The number of hydrogen-bond acceptors (Lipinski definition) is 3. The van der Waals surface area contributed by atoms with Gasteiger partial charge in [-0.15, -0.1) is 0 Å². The number of hydrogen-bond donors (Lipinski definition) is 2. The lowest BCUT2D eigenvalue weighted by molar-refractivity contribution is 0.292. The number of rotatable bonds is 6. The Labute approximate surface area is 124 Å². The van der Waals surface area contributed by atoms with E-state index >= 15 is 0 Å². The van der Waals surface area contributed by atoms with Crippen molar-refractivity contribution < 1.29 is 9.84 Å². The maximum Gasteiger partial charge on any atom is 0.127 e. The number of nitrogens with one attached hydrogen (secondary N) is 1. The van der Waals surface area contributed by atoms with Gasteiger partial charge in [0.15, 0.2) is 0 Å². The topological polar surface area (TPSA) is 41.5 Å². The van der Waals surface area contributed by atoms with Gasteiger partial charge in [0.25, 0.3) is 0 Å². The molecule has 2 aromatic rings. The molecule has 0 aromatic heterocycles. The fourth-order valence-electron chi connectivity index (χ4n) is 1.80. The van der Waals surface area contributed by atoms with E-state index < -0.39 is 0 Å². The lowest BCUT2D eigenvalue weighted by Crippen LogP contribution is -2.17. The number of halogens is 1. The number of benzene rings is 2. The first-order chi connectivity index (χ1) is 9.69. The maximum absolute atomic E-state index is 8.70. The molecule has 4 heteroatoms. The molecule has 20 heavy (non-hydrogen) atoms. The van der Waals surface area contributed by atoms with Crippen molar-refractivity contribution in [1.82, 2.24) is 5.32 Å². The van der Waals surface area contributed by atoms with E-state index in [-0.39, 0.29) is 6.61 Å². The number of aryl methyl sites for hydroxylation is 1. The highest BCUT2D eigenvalue weighted by molar-refractivity contribution is 6.31. The first-order valence-corrected chi connectivity index (χ1v) is 6.91. The van der Waals surface area contributed by atoms with E-state index in [1.807, 2.05) is 49.4 Å². The summed E-state index contributed by atoms with van der Waals surface area (Å²) in [7, 11) is 0. The second-order valence-electron chi connectivity index (χ2n) is 4.56. The third-order valence-electron chi connectivity index (χ3n) is 2.91. The molecule has 2 N–H and O–H groups in total. The minimum absolute atomic E-state index is 0.150. The second-order valence-corrected chi connectivity index (χ2v) is 4.96. The van der Waals surface area contributed by atoms with Crippen LogP contribution in [0.15, 0.2) is 42.5 Å². The lowest BCUT2D eigenvalue weighted by atomic mass is 10.2. The summed E-state index contributed by atoms with van der Waals surface area (Å²) in [4.78, 5) is 0. The van der Waals surface area contributed by atoms with Crippen LogP contribution in [0.1, 0.15) is 11.1 Å². The second kappa shape index (κ2) is 7.29. The summed E-state index contributed by atoms with van der Waals surface area (Å²) < 4.78 is 5.78. The molecule has 0 bridgehead atoms. The highest BCUT2D eigenvalue weighted by atomic mass is 35.5. The molecule has 2 rings (SSSR count). The molecule has 0 heterocycles. The van der Waals surface area contributed by atoms with Gasteiger partial charge in [-0.05, 0) is 48.4 Å². The lowest BCUT2D eigenvalue weighted by Gasteiger charge is -2.08. The number of aliphatic hydroxyl groups excluding tert-OH is 1. The van der Waals surface area contributed by atoms with E-state index in [1.165, 1.54) is 0 Å². The van der Waals surface area contributed by atoms with E-state index in [4.69, 9.17) is 21.4 Å². The van der Waals surface area contributed by atoms with Crippen molar-refractivity contribution >= 4 is 11.6 Å². The van der Waals surface area contributed by atoms with E-state index in [0.29, 0.717) is 6.54 Å². The van der Waals surface area contributed by atoms with Crippen LogP contribution in [-0.2, 0) is 6.54 Å². The van der Waals surface area contributed by atoms with Gasteiger partial charge in [-0.2, -0.15) is 0 Å². The summed E-state index contributed by atoms with van der Waals surface area (Å²) in [6, 6.07) is 13.5. The van der Waals surface area contributed by atoms with Crippen LogP contribution in [0.2, 0.25) is 5.02 Å². The van der Waals surface area contributed by atoms with Crippen molar-refractivity contribution in [2.75, 3.05) is 13.2 Å². The molecule has 0 unspecified atom stereocenters. The van der Waals surface area contributed by atoms with Gasteiger partial charge in [-0.25, -0.2) is 0 Å². The Morgan fingerprint density at radius 3 is 2.45 bits per heavy atom. The Balaban J connectivity index is 1.97. The van der Waals surface area contributed by atoms with Crippen molar-refractivity contribution in [3.8, 4) is 11.5 Å². The molecular formula is C16H18ClNO2. The Morgan fingerprint density at radius 2 is 1.80 bits per heavy atom. The zero-order valence-electron chi connectivity index (χ0n) is 11.4. The molecule has 2 aromatic carbocycles. The smallest absolute Gasteiger partial charge is 0.127 e. The Kier molecular flexibility index (Phi) is 5.41. The zero-order chi connectivity index (χ0) is 14.4. The minimum atomic E-state index is 0.150. The van der Waals surface area contributed by atoms with Crippen LogP contribution in [-0.4, -0.2) is 18.3 Å². The molecule has 0 fully saturated rings. The van der Waals surface area contributed by atoms with Crippen molar-refractivity contribution in [3.63, 3.8) is 0 Å². The van der Waals surface area contributed by atoms with E-state index in [2.05, 4.69) is 5.32 Å². The molecule has 0 amide bonds. The third kappa shape index (κ3) is 4.23. The normalized spacial score (nSPS) is 10.6.